The summed E-state index contributed by atoms with van der Waals surface area (Å²) in [5.41, 5.74) is 23.8. The van der Waals surface area contributed by atoms with E-state index in [0.29, 0.717) is 0 Å². The van der Waals surface area contributed by atoms with Gasteiger partial charge in [-0.1, -0.05) is 0 Å². The molecular formula is C40H48N20O24P4-4. The number of ether oxygens (including phenoxy) is 4. The van der Waals surface area contributed by atoms with Gasteiger partial charge in [-0.15, -0.1) is 0 Å². The zero-order valence-corrected chi connectivity index (χ0v) is 47.8. The number of nitrogen functional groups attached to an aromatic ring is 2. The van der Waals surface area contributed by atoms with Crippen LogP contribution in [0.1, 0.15) is 12.5 Å². The fourth-order valence-electron chi connectivity index (χ4n) is 11.0. The van der Waals surface area contributed by atoms with Crippen molar-refractivity contribution in [2.24, 2.45) is 41.4 Å². The van der Waals surface area contributed by atoms with E-state index in [9.17, 15) is 58.3 Å². The number of hydrogen-bond donors (Lipinski definition) is 8. The highest BCUT2D eigenvalue weighted by molar-refractivity contribution is 7.46. The van der Waals surface area contributed by atoms with Crippen molar-refractivity contribution in [3.05, 3.63) is 25.3 Å². The third-order valence-electron chi connectivity index (χ3n) is 15.1. The predicted molar refractivity (Wildman–Crippen MR) is 278 cm³/mol. The minimum absolute atomic E-state index is 0.0152. The Morgan fingerprint density at radius 1 is 0.455 bits per heavy atom. The van der Waals surface area contributed by atoms with E-state index in [2.05, 4.69) is 59.9 Å². The summed E-state index contributed by atoms with van der Waals surface area (Å²) in [6.45, 7) is -5.13. The van der Waals surface area contributed by atoms with E-state index >= 15 is 0 Å². The van der Waals surface area contributed by atoms with Crippen molar-refractivity contribution in [2.75, 3.05) is 37.9 Å². The maximum Gasteiger partial charge on any atom is 0.268 e. The van der Waals surface area contributed by atoms with Crippen LogP contribution in [0.5, 0.6) is 0 Å². The molecule has 4 aromatic rings. The number of phosphoric ester groups is 4. The van der Waals surface area contributed by atoms with Crippen molar-refractivity contribution in [3.63, 3.8) is 0 Å². The van der Waals surface area contributed by atoms with Gasteiger partial charge in [-0.2, -0.15) is 0 Å². The second-order valence-corrected chi connectivity index (χ2v) is 25.9. The summed E-state index contributed by atoms with van der Waals surface area (Å²) in [6.07, 6.45) is -25.6. The number of aliphatic hydroxyl groups is 4. The molecule has 0 amide bonds. The number of anilines is 2. The Morgan fingerprint density at radius 2 is 0.773 bits per heavy atom. The molecule has 24 atom stereocenters. The first-order valence-corrected chi connectivity index (χ1v) is 31.8. The zero-order chi connectivity index (χ0) is 61.9. The highest BCUT2D eigenvalue weighted by Gasteiger charge is 2.57. The van der Waals surface area contributed by atoms with Crippen molar-refractivity contribution >= 4 is 102 Å². The molecule has 9 aliphatic rings. The normalized spacial score (nSPS) is 44.1. The van der Waals surface area contributed by atoms with Gasteiger partial charge in [0, 0.05) is 0 Å². The number of aliphatic imine (C=N–C) groups is 6. The Bertz CT molecular complexity index is 3620. The lowest BCUT2D eigenvalue weighted by Crippen LogP contribution is -2.51. The summed E-state index contributed by atoms with van der Waals surface area (Å²) in [5.74, 6) is -0.299. The largest absolute Gasteiger partial charge is 0.756 e. The topological polar surface area (TPSA) is 624 Å². The summed E-state index contributed by atoms with van der Waals surface area (Å²) < 4.78 is 125. The van der Waals surface area contributed by atoms with Crippen LogP contribution >= 0.6 is 31.3 Å². The molecular weight excluding hydrogens is 1270 g/mol. The minimum atomic E-state index is -5.96. The van der Waals surface area contributed by atoms with E-state index in [0.717, 1.165) is 59.8 Å². The van der Waals surface area contributed by atoms with Crippen LogP contribution in [0.2, 0.25) is 0 Å². The van der Waals surface area contributed by atoms with Gasteiger partial charge in [-0.25, -0.2) is 49.9 Å². The first kappa shape index (κ1) is 60.9. The summed E-state index contributed by atoms with van der Waals surface area (Å²) in [4.78, 5) is 108. The molecule has 13 rings (SSSR count). The maximum atomic E-state index is 14.1. The summed E-state index contributed by atoms with van der Waals surface area (Å²) >= 11 is 0. The van der Waals surface area contributed by atoms with Gasteiger partial charge in [-0.3, -0.25) is 37.4 Å². The van der Waals surface area contributed by atoms with E-state index in [-0.39, 0.29) is 45.6 Å². The fourth-order valence-corrected chi connectivity index (χ4v) is 14.8. The van der Waals surface area contributed by atoms with Crippen molar-refractivity contribution in [1.82, 2.24) is 48.8 Å². The number of nitrogens with two attached hydrogens (primary N) is 4. The van der Waals surface area contributed by atoms with Crippen LogP contribution in [-0.4, -0.2) is 243 Å². The number of rotatable bonds is 4. The second kappa shape index (κ2) is 23.1. The summed E-state index contributed by atoms with van der Waals surface area (Å²) in [5, 5.41) is 47.5. The molecule has 12 N–H and O–H groups in total. The standard InChI is InChI=1S/C40H52N20O24P4/c41-29-17-33(49-5-45-29)57(9-53-17)37-21(61)25-13(77-37)1-73-85(65,66)82-26-14(78-38(22(26)62)58-10-54-18-30(42)46-6-50-34(18)58)2-75-87(69,70)84-28-16(80-40(24(28)64)60-12-56-20-32(44)48-8-52-36(20)60)4-76-88(71,72)83-27-15(3-74-86(67,68)81-25)79-39(23(27)63)59-11-55-19-31(43)47-7-51-35(19)59/h5-18,21-28,33-34,37-40,61-64H,1-4H2,(H,65,66)(H,67,68)(H,69,70)(H,71,72)(H2,41,45,49)(H2,42,46,50)(H2,43,47,51)(H2,44,48,52)/p-4/t13-,14-,15-,16-,17?,18?,21-,22-,23-,24?,25-,26-,27-,28?,33?,34?,37-,38-,39-,40-/m1/s1. The Kier molecular flexibility index (Phi) is 16.0. The smallest absolute Gasteiger partial charge is 0.268 e. The molecule has 0 radical (unpaired) electrons. The average molecular weight is 1320 g/mol. The first-order valence-electron chi connectivity index (χ1n) is 25.9. The van der Waals surface area contributed by atoms with Gasteiger partial charge in [0.05, 0.1) is 51.8 Å². The first-order chi connectivity index (χ1) is 41.8. The van der Waals surface area contributed by atoms with Crippen molar-refractivity contribution in [3.8, 4) is 0 Å². The number of phosphoric acid groups is 4. The number of aromatic nitrogens is 8. The number of imidazole rings is 2. The molecule has 5 fully saturated rings. The van der Waals surface area contributed by atoms with E-state index in [1.54, 1.807) is 0 Å². The highest BCUT2D eigenvalue weighted by Crippen LogP contribution is 2.53. The molecule has 476 valence electrons. The Labute approximate surface area is 490 Å². The third kappa shape index (κ3) is 11.3. The maximum absolute atomic E-state index is 14.1. The fraction of sp³-hybridized carbons (Fsp3) is 0.600. The molecule has 44 nitrogen and oxygen atoms in total. The van der Waals surface area contributed by atoms with E-state index < -0.39 is 180 Å². The quantitative estimate of drug-likeness (QED) is 0.0880. The lowest BCUT2D eigenvalue weighted by molar-refractivity contribution is -0.242. The van der Waals surface area contributed by atoms with Gasteiger partial charge in [0.1, 0.15) is 133 Å². The van der Waals surface area contributed by atoms with Gasteiger partial charge in [-0.05, 0) is 0 Å². The second-order valence-electron chi connectivity index (χ2n) is 20.4. The number of amidine groups is 2. The molecule has 0 aromatic carbocycles. The van der Waals surface area contributed by atoms with Crippen LogP contribution in [0.3, 0.4) is 0 Å². The van der Waals surface area contributed by atoms with Crippen LogP contribution in [0.15, 0.2) is 55.3 Å². The van der Waals surface area contributed by atoms with E-state index in [4.69, 9.17) is 78.1 Å². The van der Waals surface area contributed by atoms with E-state index in [1.807, 2.05) is 0 Å². The molecule has 13 heterocycles. The predicted octanol–water partition coefficient (Wildman–Crippen LogP) is -8.11. The van der Waals surface area contributed by atoms with Crippen LogP contribution < -0.4 is 42.5 Å². The molecule has 5 saturated heterocycles. The van der Waals surface area contributed by atoms with Crippen LogP contribution in [-0.2, 0) is 73.4 Å². The number of nitrogens with zero attached hydrogens (tertiary/aromatic N) is 16. The van der Waals surface area contributed by atoms with Crippen molar-refractivity contribution < 1.29 is 113 Å². The van der Waals surface area contributed by atoms with Gasteiger partial charge in [0.15, 0.2) is 60.2 Å². The molecule has 0 aliphatic carbocycles. The molecule has 0 saturated carbocycles. The SMILES string of the molecule is NC1=NC=NC2C1N=CN2[C@@H]1O[C@@H]2COP(=O)([O-])OC3C(O)[C@H](n4cnc5c(N)ncnc54)O[C@@H]3COP(=O)([O-])O[C@H]3[C@@H](O)[C@H](n4cnc5c(N)ncnc54)O[C@@H]3COP(=O)([O-])O[C@H]3[C@@H](O)[C@H](N4C=NC5C(N)=NC=NC54)O[C@@H]3COP(=O)([O-])O[C@H]2[C@H]1O. The highest BCUT2D eigenvalue weighted by atomic mass is 31.2. The van der Waals surface area contributed by atoms with Crippen LogP contribution in [0.25, 0.3) is 22.3 Å². The van der Waals surface area contributed by atoms with Gasteiger partial charge in [0.2, 0.25) is 0 Å². The lowest BCUT2D eigenvalue weighted by Gasteiger charge is -2.34. The Hall–Kier alpha value is -5.96. The Balaban J connectivity index is 0.836. The number of hydrogen-bond acceptors (Lipinski definition) is 42. The molecule has 4 aromatic heterocycles. The molecule has 9 aliphatic heterocycles. The van der Waals surface area contributed by atoms with Gasteiger partial charge < -0.3 is 128 Å². The lowest BCUT2D eigenvalue weighted by atomic mass is 10.1. The molecule has 10 unspecified atom stereocenters. The van der Waals surface area contributed by atoms with Crippen molar-refractivity contribution in [2.45, 2.75) is 123 Å². The molecule has 0 spiro atoms. The molecule has 88 heavy (non-hydrogen) atoms. The minimum Gasteiger partial charge on any atom is -0.756 e. The average Bonchev–Trinajstić information content (AvgIpc) is 1.78. The monoisotopic (exact) mass is 1320 g/mol. The molecule has 0 bridgehead atoms. The third-order valence-corrected chi connectivity index (χ3v) is 19.0. The zero-order valence-electron chi connectivity index (χ0n) is 44.2. The van der Waals surface area contributed by atoms with Gasteiger partial charge >= 0.3 is 0 Å². The van der Waals surface area contributed by atoms with Crippen LogP contribution in [0.4, 0.5) is 11.6 Å². The number of fused-ring (bicyclic) bond motifs is 8. The van der Waals surface area contributed by atoms with E-state index in [1.165, 1.54) is 9.80 Å². The number of aliphatic hydroxyl groups excluding tert-OH is 4. The summed E-state index contributed by atoms with van der Waals surface area (Å²) in [6, 6.07) is -1.88. The Morgan fingerprint density at radius 3 is 1.11 bits per heavy atom. The molecule has 48 heteroatoms. The van der Waals surface area contributed by atoms with Crippen LogP contribution in [0, 0.1) is 0 Å². The van der Waals surface area contributed by atoms with Crippen molar-refractivity contribution in [1.29, 1.82) is 0 Å². The van der Waals surface area contributed by atoms with Gasteiger partial charge in [0.25, 0.3) is 31.3 Å². The summed E-state index contributed by atoms with van der Waals surface area (Å²) in [7, 11) is -23.8.